The molecule has 6 aromatic rings. The molecule has 0 spiro atoms. The zero-order valence-corrected chi connectivity index (χ0v) is 33.6. The van der Waals surface area contributed by atoms with Crippen molar-refractivity contribution >= 4 is 66.6 Å². The average molecular weight is 851 g/mol. The van der Waals surface area contributed by atoms with Crippen molar-refractivity contribution in [1.29, 1.82) is 0 Å². The first kappa shape index (κ1) is 44.8. The van der Waals surface area contributed by atoms with Gasteiger partial charge in [0.15, 0.2) is 11.3 Å². The Labute approximate surface area is 344 Å². The van der Waals surface area contributed by atoms with E-state index in [0.29, 0.717) is 58.5 Å². The van der Waals surface area contributed by atoms with Gasteiger partial charge in [0.05, 0.1) is 31.6 Å². The number of carbonyl (C=O) groups excluding carboxylic acids is 2. The lowest BCUT2D eigenvalue weighted by Gasteiger charge is -2.26. The first-order valence-electron chi connectivity index (χ1n) is 17.9. The van der Waals surface area contributed by atoms with Gasteiger partial charge in [-0.15, -0.1) is 12.4 Å². The van der Waals surface area contributed by atoms with Gasteiger partial charge >= 0.3 is 11.9 Å². The molecule has 0 N–H and O–H groups in total. The van der Waals surface area contributed by atoms with Crippen LogP contribution in [0.1, 0.15) is 96.2 Å². The summed E-state index contributed by atoms with van der Waals surface area (Å²) < 4.78 is 66.9. The van der Waals surface area contributed by atoms with Gasteiger partial charge in [0, 0.05) is 24.5 Å². The monoisotopic (exact) mass is 849 g/mol. The van der Waals surface area contributed by atoms with Gasteiger partial charge in [0.2, 0.25) is 0 Å². The largest absolute Gasteiger partial charge is 0.462 e. The summed E-state index contributed by atoms with van der Waals surface area (Å²) in [6, 6.07) is 10.3. The van der Waals surface area contributed by atoms with Gasteiger partial charge in [-0.1, -0.05) is 24.4 Å². The standard InChI is InChI=1S/C19H18F2N4O2.C11H12F2.C9H8ClN3O2.ClH.H2S/c1-2-27-19(26)14-11-22-25-9-7-17(23-18(14)25)24-8-3-4-16(24)13-10-12(20)5-6-15(13)21;12-9-5-6-11(13)10(7-9)8-3-1-2-4-8;1-2-15-9(14)6-5-11-13-4-3-7(10)12-8(6)13;;/h5-7,9-11,16H,2-4,8H2,1H3;5-8H,1-4H2;3-5H,2H2,1H3;1H;1H2/t16-;;;;/m0..../s1. The average Bonchev–Trinajstić information content (AvgIpc) is 4.01. The number of anilines is 1. The van der Waals surface area contributed by atoms with E-state index < -0.39 is 23.6 Å². The predicted octanol–water partition coefficient (Wildman–Crippen LogP) is 9.24. The molecule has 8 rings (SSSR count). The van der Waals surface area contributed by atoms with E-state index in [1.807, 2.05) is 4.90 Å². The lowest BCUT2D eigenvalue weighted by Crippen LogP contribution is -2.24. The van der Waals surface area contributed by atoms with Crippen molar-refractivity contribution in [2.45, 2.75) is 64.3 Å². The maximum Gasteiger partial charge on any atom is 0.343 e. The second-order valence-electron chi connectivity index (χ2n) is 12.8. The lowest BCUT2D eigenvalue weighted by molar-refractivity contribution is 0.0518. The summed E-state index contributed by atoms with van der Waals surface area (Å²) in [6.45, 7) is 4.70. The highest BCUT2D eigenvalue weighted by molar-refractivity contribution is 7.59. The van der Waals surface area contributed by atoms with Gasteiger partial charge in [-0.05, 0) is 99.5 Å². The summed E-state index contributed by atoms with van der Waals surface area (Å²) >= 11 is 5.72. The minimum absolute atomic E-state index is 0. The Morgan fingerprint density at radius 2 is 1.26 bits per heavy atom. The number of halogens is 6. The van der Waals surface area contributed by atoms with Crippen LogP contribution in [0.2, 0.25) is 5.15 Å². The second kappa shape index (κ2) is 20.5. The molecular weight excluding hydrogens is 809 g/mol. The maximum absolute atomic E-state index is 14.3. The Bertz CT molecular complexity index is 2310. The van der Waals surface area contributed by atoms with Crippen LogP contribution in [-0.4, -0.2) is 60.9 Å². The first-order valence-corrected chi connectivity index (χ1v) is 18.3. The van der Waals surface area contributed by atoms with E-state index in [0.717, 1.165) is 44.2 Å². The number of carbonyl (C=O) groups is 2. The van der Waals surface area contributed by atoms with E-state index in [4.69, 9.17) is 21.1 Å². The van der Waals surface area contributed by atoms with Crippen molar-refractivity contribution in [3.05, 3.63) is 124 Å². The molecule has 4 aromatic heterocycles. The fourth-order valence-electron chi connectivity index (χ4n) is 6.77. The van der Waals surface area contributed by atoms with Crippen molar-refractivity contribution in [3.8, 4) is 0 Å². The van der Waals surface area contributed by atoms with Gasteiger partial charge in [-0.3, -0.25) is 0 Å². The molecule has 304 valence electrons. The molecule has 5 heterocycles. The Kier molecular flexibility index (Phi) is 16.1. The van der Waals surface area contributed by atoms with Gasteiger partial charge in [0.25, 0.3) is 0 Å². The third-order valence-corrected chi connectivity index (χ3v) is 9.51. The highest BCUT2D eigenvalue weighted by Gasteiger charge is 2.30. The zero-order valence-electron chi connectivity index (χ0n) is 31.0. The number of hydrogen-bond donors (Lipinski definition) is 0. The molecule has 2 aliphatic rings. The fraction of sp³-hybridized carbons (Fsp3) is 0.333. The third kappa shape index (κ3) is 10.5. The summed E-state index contributed by atoms with van der Waals surface area (Å²) in [5, 5.41) is 8.39. The molecule has 0 bridgehead atoms. The van der Waals surface area contributed by atoms with Crippen molar-refractivity contribution in [1.82, 2.24) is 29.2 Å². The zero-order chi connectivity index (χ0) is 39.1. The van der Waals surface area contributed by atoms with Gasteiger partial charge < -0.3 is 14.4 Å². The SMILES string of the molecule is CCOC(=O)c1cnn2ccc(Cl)nc12.CCOC(=O)c1cnn2ccc(N3CCC[C@H]3c3cc(F)ccc3F)nc12.Cl.Fc1ccc(F)c(C2CCCC2)c1.S. The number of nitrogens with zero attached hydrogens (tertiary/aromatic N) is 7. The van der Waals surface area contributed by atoms with Crippen molar-refractivity contribution in [3.63, 3.8) is 0 Å². The number of benzene rings is 2. The van der Waals surface area contributed by atoms with E-state index in [-0.39, 0.29) is 61.7 Å². The number of ether oxygens (including phenoxy) is 2. The van der Waals surface area contributed by atoms with Gasteiger partial charge in [-0.25, -0.2) is 46.1 Å². The minimum atomic E-state index is -0.494. The van der Waals surface area contributed by atoms with E-state index >= 15 is 0 Å². The normalized spacial score (nSPS) is 14.9. The summed E-state index contributed by atoms with van der Waals surface area (Å²) in [5.41, 5.74) is 2.24. The highest BCUT2D eigenvalue weighted by atomic mass is 35.5. The van der Waals surface area contributed by atoms with E-state index in [1.165, 1.54) is 45.7 Å². The van der Waals surface area contributed by atoms with Crippen LogP contribution in [0.15, 0.2) is 73.3 Å². The van der Waals surface area contributed by atoms with Crippen LogP contribution in [-0.2, 0) is 9.47 Å². The maximum atomic E-state index is 14.3. The van der Waals surface area contributed by atoms with E-state index in [9.17, 15) is 27.2 Å². The Balaban J connectivity index is 0.000000204. The van der Waals surface area contributed by atoms with Crippen LogP contribution in [0.5, 0.6) is 0 Å². The summed E-state index contributed by atoms with van der Waals surface area (Å²) in [7, 11) is 0. The molecule has 0 unspecified atom stereocenters. The topological polar surface area (TPSA) is 116 Å². The van der Waals surface area contributed by atoms with Crippen LogP contribution >= 0.6 is 37.5 Å². The molecule has 18 heteroatoms. The van der Waals surface area contributed by atoms with Crippen molar-refractivity contribution < 1.29 is 36.6 Å². The Morgan fingerprint density at radius 3 is 1.84 bits per heavy atom. The van der Waals surface area contributed by atoms with Crippen LogP contribution in [0.4, 0.5) is 23.4 Å². The van der Waals surface area contributed by atoms with E-state index in [2.05, 4.69) is 20.2 Å². The molecule has 1 saturated heterocycles. The minimum Gasteiger partial charge on any atom is -0.462 e. The second-order valence-corrected chi connectivity index (χ2v) is 13.2. The Hall–Kier alpha value is -4.93. The molecule has 1 aliphatic heterocycles. The van der Waals surface area contributed by atoms with E-state index in [1.54, 1.807) is 38.4 Å². The molecule has 0 radical (unpaired) electrons. The quantitative estimate of drug-likeness (QED) is 0.0881. The van der Waals surface area contributed by atoms with Gasteiger partial charge in [-0.2, -0.15) is 23.7 Å². The molecule has 2 aromatic carbocycles. The number of hydrogen-bond acceptors (Lipinski definition) is 9. The first-order chi connectivity index (χ1) is 26.6. The molecule has 1 atom stereocenters. The highest BCUT2D eigenvalue weighted by Crippen LogP contribution is 2.37. The molecular formula is C39H41Cl2F4N7O4S. The lowest BCUT2D eigenvalue weighted by atomic mass is 9.97. The number of rotatable bonds is 7. The number of aromatic nitrogens is 6. The third-order valence-electron chi connectivity index (χ3n) is 9.30. The molecule has 11 nitrogen and oxygen atoms in total. The van der Waals surface area contributed by atoms with Crippen LogP contribution < -0.4 is 4.90 Å². The molecule has 0 amide bonds. The number of fused-ring (bicyclic) bond motifs is 2. The van der Waals surface area contributed by atoms with Crippen LogP contribution in [0.3, 0.4) is 0 Å². The molecule has 2 fully saturated rings. The smallest absolute Gasteiger partial charge is 0.343 e. The predicted molar refractivity (Wildman–Crippen MR) is 214 cm³/mol. The van der Waals surface area contributed by atoms with Crippen molar-refractivity contribution in [2.24, 2.45) is 0 Å². The fourth-order valence-corrected chi connectivity index (χ4v) is 6.91. The molecule has 1 aliphatic carbocycles. The van der Waals surface area contributed by atoms with Crippen LogP contribution in [0.25, 0.3) is 11.3 Å². The Morgan fingerprint density at radius 1 is 0.737 bits per heavy atom. The van der Waals surface area contributed by atoms with Crippen LogP contribution in [0, 0.1) is 23.3 Å². The summed E-state index contributed by atoms with van der Waals surface area (Å²) in [5.74, 6) is -1.60. The number of esters is 2. The molecule has 57 heavy (non-hydrogen) atoms. The van der Waals surface area contributed by atoms with Crippen molar-refractivity contribution in [2.75, 3.05) is 24.7 Å². The molecule has 1 saturated carbocycles. The summed E-state index contributed by atoms with van der Waals surface area (Å²) in [6.07, 6.45) is 12.0. The summed E-state index contributed by atoms with van der Waals surface area (Å²) in [4.78, 5) is 34.1. The van der Waals surface area contributed by atoms with Gasteiger partial charge in [0.1, 0.15) is 45.4 Å².